The molecule has 3 unspecified atom stereocenters. The van der Waals surface area contributed by atoms with E-state index in [0.29, 0.717) is 6.54 Å². The van der Waals surface area contributed by atoms with Crippen molar-refractivity contribution in [1.29, 1.82) is 0 Å². The number of aryl methyl sites for hydroxylation is 1. The average Bonchev–Trinajstić information content (AvgIpc) is 2.70. The highest BCUT2D eigenvalue weighted by Gasteiger charge is 2.32. The number of fused-ring (bicyclic) bond motifs is 1. The highest BCUT2D eigenvalue weighted by atomic mass is 35.5. The average molecular weight is 425 g/mol. The molecular weight excluding hydrogens is 402 g/mol. The number of piperidine rings is 1. The Hall–Kier alpha value is -1.63. The summed E-state index contributed by atoms with van der Waals surface area (Å²) in [5.41, 5.74) is 3.05. The number of hydrogen-bond acceptors (Lipinski definition) is 3. The molecule has 150 valence electrons. The minimum Gasteiger partial charge on any atom is -0.350 e. The third-order valence-electron chi connectivity index (χ3n) is 5.41. The van der Waals surface area contributed by atoms with Gasteiger partial charge in [0.25, 0.3) is 0 Å². The molecule has 3 atom stereocenters. The lowest BCUT2D eigenvalue weighted by atomic mass is 9.85. The molecule has 1 saturated heterocycles. The summed E-state index contributed by atoms with van der Waals surface area (Å²) in [6, 6.07) is 12.0. The maximum atomic E-state index is 13.7. The van der Waals surface area contributed by atoms with Gasteiger partial charge in [-0.3, -0.25) is 4.79 Å². The van der Waals surface area contributed by atoms with Crippen LogP contribution in [0.25, 0.3) is 0 Å². The van der Waals surface area contributed by atoms with Crippen LogP contribution in [0.5, 0.6) is 0 Å². The Morgan fingerprint density at radius 3 is 2.79 bits per heavy atom. The number of thioether (sulfide) groups is 1. The Kier molecular flexibility index (Phi) is 6.96. The molecule has 0 spiro atoms. The zero-order valence-electron chi connectivity index (χ0n) is 15.3. The summed E-state index contributed by atoms with van der Waals surface area (Å²) < 4.78 is 27.0. The lowest BCUT2D eigenvalue weighted by molar-refractivity contribution is -0.121. The standard InChI is InChI=1S/C21H22F2N2OS.ClH/c22-17-6-5-14(11-18(17)23)15-7-9-24-12-19(15)25-21(26)20-16-4-2-1-3-13(16)8-10-27-20;/h1-6,11,15,19-20,24H,7-10,12H2,(H,25,26);1H. The van der Waals surface area contributed by atoms with Gasteiger partial charge in [0.1, 0.15) is 5.25 Å². The van der Waals surface area contributed by atoms with Gasteiger partial charge in [-0.1, -0.05) is 30.3 Å². The van der Waals surface area contributed by atoms with Gasteiger partial charge < -0.3 is 10.6 Å². The van der Waals surface area contributed by atoms with Gasteiger partial charge >= 0.3 is 0 Å². The molecule has 0 aromatic heterocycles. The predicted molar refractivity (Wildman–Crippen MR) is 111 cm³/mol. The van der Waals surface area contributed by atoms with E-state index in [1.807, 2.05) is 18.2 Å². The lowest BCUT2D eigenvalue weighted by Crippen LogP contribution is -2.51. The van der Waals surface area contributed by atoms with Crippen molar-refractivity contribution in [1.82, 2.24) is 10.6 Å². The molecule has 3 nitrogen and oxygen atoms in total. The Bertz CT molecular complexity index is 851. The van der Waals surface area contributed by atoms with Crippen LogP contribution in [-0.4, -0.2) is 30.8 Å². The van der Waals surface area contributed by atoms with Crippen LogP contribution in [0.1, 0.15) is 34.3 Å². The SMILES string of the molecule is Cl.O=C(NC1CNCCC1c1ccc(F)c(F)c1)C1SCCc2ccccc21. The van der Waals surface area contributed by atoms with E-state index in [0.717, 1.165) is 36.3 Å². The molecule has 2 aromatic rings. The molecule has 2 N–H and O–H groups in total. The topological polar surface area (TPSA) is 41.1 Å². The molecule has 28 heavy (non-hydrogen) atoms. The van der Waals surface area contributed by atoms with Gasteiger partial charge in [-0.05, 0) is 54.0 Å². The summed E-state index contributed by atoms with van der Waals surface area (Å²) in [6.07, 6.45) is 1.75. The molecule has 1 amide bonds. The van der Waals surface area contributed by atoms with Gasteiger partial charge in [0.05, 0.1) is 0 Å². The molecule has 0 saturated carbocycles. The number of amides is 1. The summed E-state index contributed by atoms with van der Waals surface area (Å²) in [6.45, 7) is 1.41. The smallest absolute Gasteiger partial charge is 0.237 e. The van der Waals surface area contributed by atoms with Crippen LogP contribution in [-0.2, 0) is 11.2 Å². The van der Waals surface area contributed by atoms with Crippen molar-refractivity contribution in [2.24, 2.45) is 0 Å². The van der Waals surface area contributed by atoms with E-state index in [1.165, 1.54) is 17.7 Å². The van der Waals surface area contributed by atoms with Crippen molar-refractivity contribution >= 4 is 30.1 Å². The van der Waals surface area contributed by atoms with Gasteiger partial charge in [0.15, 0.2) is 11.6 Å². The van der Waals surface area contributed by atoms with E-state index in [9.17, 15) is 13.6 Å². The predicted octanol–water partition coefficient (Wildman–Crippen LogP) is 3.98. The largest absolute Gasteiger partial charge is 0.350 e. The summed E-state index contributed by atoms with van der Waals surface area (Å²) >= 11 is 1.66. The van der Waals surface area contributed by atoms with E-state index in [-0.39, 0.29) is 35.5 Å². The van der Waals surface area contributed by atoms with Gasteiger partial charge in [0, 0.05) is 18.5 Å². The molecule has 0 aliphatic carbocycles. The molecule has 2 aliphatic rings. The Morgan fingerprint density at radius 2 is 1.96 bits per heavy atom. The maximum Gasteiger partial charge on any atom is 0.237 e. The van der Waals surface area contributed by atoms with Crippen LogP contribution in [0.15, 0.2) is 42.5 Å². The molecule has 2 aliphatic heterocycles. The van der Waals surface area contributed by atoms with E-state index in [2.05, 4.69) is 16.7 Å². The van der Waals surface area contributed by atoms with Crippen LogP contribution in [0.2, 0.25) is 0 Å². The third kappa shape index (κ3) is 4.34. The first-order chi connectivity index (χ1) is 13.1. The Morgan fingerprint density at radius 1 is 1.14 bits per heavy atom. The van der Waals surface area contributed by atoms with E-state index >= 15 is 0 Å². The van der Waals surface area contributed by atoms with Crippen LogP contribution in [0.4, 0.5) is 8.78 Å². The summed E-state index contributed by atoms with van der Waals surface area (Å²) in [7, 11) is 0. The number of carbonyl (C=O) groups is 1. The fraction of sp³-hybridized carbons (Fsp3) is 0.381. The first-order valence-corrected chi connectivity index (χ1v) is 10.3. The second-order valence-electron chi connectivity index (χ2n) is 7.09. The van der Waals surface area contributed by atoms with Gasteiger partial charge in [-0.2, -0.15) is 0 Å². The van der Waals surface area contributed by atoms with Gasteiger partial charge in [-0.15, -0.1) is 24.2 Å². The number of nitrogens with one attached hydrogen (secondary N) is 2. The minimum atomic E-state index is -0.844. The van der Waals surface area contributed by atoms with Crippen molar-refractivity contribution in [2.45, 2.75) is 30.1 Å². The number of rotatable bonds is 3. The van der Waals surface area contributed by atoms with Crippen LogP contribution in [0, 0.1) is 11.6 Å². The zero-order valence-corrected chi connectivity index (χ0v) is 16.9. The fourth-order valence-corrected chi connectivity index (χ4v) is 5.22. The first-order valence-electron chi connectivity index (χ1n) is 9.29. The lowest BCUT2D eigenvalue weighted by Gasteiger charge is -2.35. The molecule has 1 fully saturated rings. The molecule has 0 bridgehead atoms. The third-order valence-corrected chi connectivity index (χ3v) is 6.65. The van der Waals surface area contributed by atoms with Gasteiger partial charge in [-0.25, -0.2) is 8.78 Å². The minimum absolute atomic E-state index is 0. The number of benzene rings is 2. The molecule has 0 radical (unpaired) electrons. The maximum absolute atomic E-state index is 13.7. The number of hydrogen-bond donors (Lipinski definition) is 2. The van der Waals surface area contributed by atoms with Gasteiger partial charge in [0.2, 0.25) is 5.91 Å². The summed E-state index contributed by atoms with van der Waals surface area (Å²) in [4.78, 5) is 13.0. The summed E-state index contributed by atoms with van der Waals surface area (Å²) in [5.74, 6) is -0.802. The van der Waals surface area contributed by atoms with E-state index in [1.54, 1.807) is 17.8 Å². The van der Waals surface area contributed by atoms with Crippen molar-refractivity contribution in [3.63, 3.8) is 0 Å². The summed E-state index contributed by atoms with van der Waals surface area (Å²) in [5, 5.41) is 6.25. The van der Waals surface area contributed by atoms with Crippen LogP contribution < -0.4 is 10.6 Å². The van der Waals surface area contributed by atoms with Crippen molar-refractivity contribution < 1.29 is 13.6 Å². The Balaban J connectivity index is 0.00000225. The molecular formula is C21H23ClF2N2OS. The molecule has 4 rings (SSSR count). The second kappa shape index (κ2) is 9.25. The highest BCUT2D eigenvalue weighted by molar-refractivity contribution is 8.00. The Labute approximate surface area is 174 Å². The van der Waals surface area contributed by atoms with Crippen LogP contribution >= 0.6 is 24.2 Å². The van der Waals surface area contributed by atoms with E-state index < -0.39 is 11.6 Å². The van der Waals surface area contributed by atoms with Crippen molar-refractivity contribution in [3.8, 4) is 0 Å². The first kappa shape index (κ1) is 21.1. The number of carbonyl (C=O) groups excluding carboxylic acids is 1. The normalized spacial score (nSPS) is 24.0. The zero-order chi connectivity index (χ0) is 18.8. The van der Waals surface area contributed by atoms with Crippen LogP contribution in [0.3, 0.4) is 0 Å². The van der Waals surface area contributed by atoms with Crippen molar-refractivity contribution in [2.75, 3.05) is 18.8 Å². The molecule has 2 aromatic carbocycles. The number of halogens is 3. The van der Waals surface area contributed by atoms with Crippen molar-refractivity contribution in [3.05, 3.63) is 70.8 Å². The molecule has 7 heteroatoms. The second-order valence-corrected chi connectivity index (χ2v) is 8.30. The quantitative estimate of drug-likeness (QED) is 0.783. The fourth-order valence-electron chi connectivity index (χ4n) is 4.02. The molecule has 2 heterocycles. The van der Waals surface area contributed by atoms with E-state index in [4.69, 9.17) is 0 Å². The highest BCUT2D eigenvalue weighted by Crippen LogP contribution is 2.37. The monoisotopic (exact) mass is 424 g/mol.